The van der Waals surface area contributed by atoms with Gasteiger partial charge in [0, 0.05) is 6.07 Å². The van der Waals surface area contributed by atoms with Gasteiger partial charge in [-0.2, -0.15) is 0 Å². The lowest BCUT2D eigenvalue weighted by Gasteiger charge is -2.14. The first-order chi connectivity index (χ1) is 14.4. The van der Waals surface area contributed by atoms with E-state index in [1.165, 1.54) is 21.1 Å². The maximum atomic E-state index is 12.1. The van der Waals surface area contributed by atoms with Crippen LogP contribution in [0, 0.1) is 0 Å². The minimum Gasteiger partial charge on any atom is -0.497 e. The second kappa shape index (κ2) is 11.3. The van der Waals surface area contributed by atoms with Gasteiger partial charge in [0.05, 0.1) is 19.9 Å². The number of anilines is 1. The molecule has 2 aromatic rings. The number of benzene rings is 2. The van der Waals surface area contributed by atoms with Gasteiger partial charge in [-0.3, -0.25) is 9.59 Å². The third-order valence-electron chi connectivity index (χ3n) is 3.87. The van der Waals surface area contributed by atoms with E-state index in [1.807, 2.05) is 6.07 Å². The molecule has 2 aromatic carbocycles. The molecule has 0 saturated carbocycles. The zero-order valence-electron chi connectivity index (χ0n) is 17.0. The van der Waals surface area contributed by atoms with E-state index in [0.29, 0.717) is 22.9 Å². The molecular formula is C21H24N2O7. The largest absolute Gasteiger partial charge is 0.497 e. The molecule has 2 rings (SSSR count). The highest BCUT2D eigenvalue weighted by atomic mass is 16.5. The summed E-state index contributed by atoms with van der Waals surface area (Å²) < 4.78 is 20.5. The van der Waals surface area contributed by atoms with E-state index in [4.69, 9.17) is 18.9 Å². The SMILES string of the molecule is COc1ccc(OC)c(NC(=O)COC(=O)[C@H](C)NC(=O)COc2ccccc2)c1. The van der Waals surface area contributed by atoms with Crippen LogP contribution in [0.5, 0.6) is 17.2 Å². The van der Waals surface area contributed by atoms with Gasteiger partial charge in [-0.05, 0) is 31.2 Å². The van der Waals surface area contributed by atoms with E-state index in [-0.39, 0.29) is 6.61 Å². The van der Waals surface area contributed by atoms with Gasteiger partial charge in [0.15, 0.2) is 13.2 Å². The topological polar surface area (TPSA) is 112 Å². The second-order valence-electron chi connectivity index (χ2n) is 6.11. The Labute approximate surface area is 174 Å². The lowest BCUT2D eigenvalue weighted by Crippen LogP contribution is -2.42. The molecule has 0 saturated heterocycles. The Kier molecular flexibility index (Phi) is 8.49. The number of hydrogen-bond donors (Lipinski definition) is 2. The van der Waals surface area contributed by atoms with Crippen molar-refractivity contribution in [2.24, 2.45) is 0 Å². The van der Waals surface area contributed by atoms with Crippen LogP contribution in [0.1, 0.15) is 6.92 Å². The van der Waals surface area contributed by atoms with E-state index in [0.717, 1.165) is 0 Å². The Morgan fingerprint density at radius 1 is 0.900 bits per heavy atom. The molecule has 0 fully saturated rings. The van der Waals surface area contributed by atoms with Crippen molar-refractivity contribution in [3.63, 3.8) is 0 Å². The molecule has 0 bridgehead atoms. The first-order valence-corrected chi connectivity index (χ1v) is 9.08. The number of carbonyl (C=O) groups excluding carboxylic acids is 3. The number of rotatable bonds is 10. The third-order valence-corrected chi connectivity index (χ3v) is 3.87. The molecule has 0 radical (unpaired) electrons. The molecule has 0 unspecified atom stereocenters. The number of esters is 1. The Morgan fingerprint density at radius 2 is 1.63 bits per heavy atom. The number of ether oxygens (including phenoxy) is 4. The molecule has 2 N–H and O–H groups in total. The minimum atomic E-state index is -0.948. The molecule has 2 amide bonds. The molecule has 0 aliphatic carbocycles. The molecule has 9 heteroatoms. The van der Waals surface area contributed by atoms with Crippen LogP contribution >= 0.6 is 0 Å². The van der Waals surface area contributed by atoms with Crippen LogP contribution in [-0.2, 0) is 19.1 Å². The number of nitrogens with one attached hydrogen (secondary N) is 2. The molecule has 0 aromatic heterocycles. The van der Waals surface area contributed by atoms with Crippen molar-refractivity contribution in [2.45, 2.75) is 13.0 Å². The van der Waals surface area contributed by atoms with Crippen LogP contribution in [0.3, 0.4) is 0 Å². The number of amides is 2. The fourth-order valence-corrected chi connectivity index (χ4v) is 2.37. The normalized spacial score (nSPS) is 11.0. The number of hydrogen-bond acceptors (Lipinski definition) is 7. The van der Waals surface area contributed by atoms with E-state index in [2.05, 4.69) is 10.6 Å². The second-order valence-corrected chi connectivity index (χ2v) is 6.11. The Balaban J connectivity index is 1.77. The van der Waals surface area contributed by atoms with Crippen molar-refractivity contribution in [1.29, 1.82) is 0 Å². The maximum absolute atomic E-state index is 12.1. The Bertz CT molecular complexity index is 871. The Morgan fingerprint density at radius 3 is 2.30 bits per heavy atom. The van der Waals surface area contributed by atoms with Gasteiger partial charge >= 0.3 is 5.97 Å². The quantitative estimate of drug-likeness (QED) is 0.568. The average molecular weight is 416 g/mol. The molecule has 0 heterocycles. The standard InChI is InChI=1S/C21H24N2O7/c1-14(22-19(24)12-29-15-7-5-4-6-8-15)21(26)30-13-20(25)23-17-11-16(27-2)9-10-18(17)28-3/h4-11,14H,12-13H2,1-3H3,(H,22,24)(H,23,25)/t14-/m0/s1. The molecule has 0 spiro atoms. The van der Waals surface area contributed by atoms with Crippen LogP contribution in [0.2, 0.25) is 0 Å². The highest BCUT2D eigenvalue weighted by Crippen LogP contribution is 2.28. The van der Waals surface area contributed by atoms with Gasteiger partial charge in [0.25, 0.3) is 11.8 Å². The zero-order valence-corrected chi connectivity index (χ0v) is 17.0. The summed E-state index contributed by atoms with van der Waals surface area (Å²) in [5.74, 6) is -0.329. The zero-order chi connectivity index (χ0) is 21.9. The van der Waals surface area contributed by atoms with Crippen LogP contribution in [-0.4, -0.2) is 51.3 Å². The third kappa shape index (κ3) is 7.01. The van der Waals surface area contributed by atoms with Gasteiger partial charge in [-0.1, -0.05) is 18.2 Å². The first kappa shape index (κ1) is 22.5. The van der Waals surface area contributed by atoms with Crippen molar-refractivity contribution >= 4 is 23.5 Å². The fraction of sp³-hybridized carbons (Fsp3) is 0.286. The summed E-state index contributed by atoms with van der Waals surface area (Å²) in [4.78, 5) is 36.0. The van der Waals surface area contributed by atoms with Crippen molar-refractivity contribution in [3.8, 4) is 17.2 Å². The number of para-hydroxylation sites is 1. The summed E-state index contributed by atoms with van der Waals surface area (Å²) in [6.45, 7) is 0.670. The van der Waals surface area contributed by atoms with E-state index >= 15 is 0 Å². The van der Waals surface area contributed by atoms with Gasteiger partial charge in [-0.25, -0.2) is 4.79 Å². The Hall–Kier alpha value is -3.75. The molecule has 1 atom stereocenters. The lowest BCUT2D eigenvalue weighted by atomic mass is 10.2. The summed E-state index contributed by atoms with van der Waals surface area (Å²) in [6, 6.07) is 12.7. The first-order valence-electron chi connectivity index (χ1n) is 9.08. The van der Waals surface area contributed by atoms with E-state index < -0.39 is 30.4 Å². The van der Waals surface area contributed by atoms with Gasteiger partial charge < -0.3 is 29.6 Å². The number of methoxy groups -OCH3 is 2. The molecule has 9 nitrogen and oxygen atoms in total. The van der Waals surface area contributed by atoms with Gasteiger partial charge in [0.2, 0.25) is 0 Å². The van der Waals surface area contributed by atoms with Gasteiger partial charge in [0.1, 0.15) is 23.3 Å². The van der Waals surface area contributed by atoms with Gasteiger partial charge in [-0.15, -0.1) is 0 Å². The van der Waals surface area contributed by atoms with Crippen LogP contribution in [0.4, 0.5) is 5.69 Å². The highest BCUT2D eigenvalue weighted by molar-refractivity contribution is 5.95. The predicted molar refractivity (Wildman–Crippen MR) is 109 cm³/mol. The molecule has 0 aliphatic rings. The fourth-order valence-electron chi connectivity index (χ4n) is 2.37. The average Bonchev–Trinajstić information content (AvgIpc) is 2.76. The summed E-state index contributed by atoms with van der Waals surface area (Å²) in [5.41, 5.74) is 0.373. The lowest BCUT2D eigenvalue weighted by molar-refractivity contribution is -0.150. The van der Waals surface area contributed by atoms with Crippen molar-refractivity contribution in [3.05, 3.63) is 48.5 Å². The molecular weight excluding hydrogens is 392 g/mol. The predicted octanol–water partition coefficient (Wildman–Crippen LogP) is 1.77. The van der Waals surface area contributed by atoms with Crippen LogP contribution in [0.25, 0.3) is 0 Å². The maximum Gasteiger partial charge on any atom is 0.328 e. The minimum absolute atomic E-state index is 0.252. The summed E-state index contributed by atoms with van der Waals surface area (Å²) in [6.07, 6.45) is 0. The molecule has 30 heavy (non-hydrogen) atoms. The summed E-state index contributed by atoms with van der Waals surface area (Å²) in [5, 5.41) is 5.03. The monoisotopic (exact) mass is 416 g/mol. The van der Waals surface area contributed by atoms with Crippen molar-refractivity contribution < 1.29 is 33.3 Å². The van der Waals surface area contributed by atoms with Crippen LogP contribution < -0.4 is 24.8 Å². The van der Waals surface area contributed by atoms with Crippen LogP contribution in [0.15, 0.2) is 48.5 Å². The summed E-state index contributed by atoms with van der Waals surface area (Å²) >= 11 is 0. The molecule has 160 valence electrons. The highest BCUT2D eigenvalue weighted by Gasteiger charge is 2.19. The van der Waals surface area contributed by atoms with Crippen molar-refractivity contribution in [2.75, 3.05) is 32.8 Å². The summed E-state index contributed by atoms with van der Waals surface area (Å²) in [7, 11) is 2.96. The number of carbonyl (C=O) groups is 3. The van der Waals surface area contributed by atoms with E-state index in [1.54, 1.807) is 42.5 Å². The smallest absolute Gasteiger partial charge is 0.328 e. The van der Waals surface area contributed by atoms with E-state index in [9.17, 15) is 14.4 Å². The molecule has 0 aliphatic heterocycles. The van der Waals surface area contributed by atoms with Crippen molar-refractivity contribution in [1.82, 2.24) is 5.32 Å².